The van der Waals surface area contributed by atoms with Crippen LogP contribution < -0.4 is 0 Å². The monoisotopic (exact) mass is 293 g/mol. The van der Waals surface area contributed by atoms with Crippen molar-refractivity contribution in [1.82, 2.24) is 14.8 Å². The molecule has 1 aromatic heterocycles. The number of thiazole rings is 1. The van der Waals surface area contributed by atoms with E-state index in [4.69, 9.17) is 0 Å². The number of aromatic nitrogens is 1. The third-order valence-electron chi connectivity index (χ3n) is 4.31. The van der Waals surface area contributed by atoms with Gasteiger partial charge in [-0.3, -0.25) is 9.59 Å². The maximum absolute atomic E-state index is 12.8. The second-order valence-corrected chi connectivity index (χ2v) is 6.33. The lowest BCUT2D eigenvalue weighted by atomic mass is 10.0. The number of carbonyl (C=O) groups excluding carboxylic acids is 2. The highest BCUT2D eigenvalue weighted by Crippen LogP contribution is 2.34. The minimum atomic E-state index is -0.337. The van der Waals surface area contributed by atoms with Gasteiger partial charge >= 0.3 is 0 Å². The molecule has 20 heavy (non-hydrogen) atoms. The lowest BCUT2D eigenvalue weighted by Crippen LogP contribution is -2.62. The fourth-order valence-corrected chi connectivity index (χ4v) is 4.01. The molecule has 3 rings (SSSR count). The zero-order chi connectivity index (χ0) is 14.3. The molecule has 5 nitrogen and oxygen atoms in total. The van der Waals surface area contributed by atoms with Crippen LogP contribution in [0.2, 0.25) is 0 Å². The molecule has 6 heteroatoms. The summed E-state index contributed by atoms with van der Waals surface area (Å²) >= 11 is 1.54. The van der Waals surface area contributed by atoms with Gasteiger partial charge in [0.25, 0.3) is 0 Å². The molecule has 2 amide bonds. The summed E-state index contributed by atoms with van der Waals surface area (Å²) in [6.07, 6.45) is 4.12. The molecule has 2 aliphatic heterocycles. The van der Waals surface area contributed by atoms with Gasteiger partial charge < -0.3 is 9.80 Å². The first-order valence-corrected chi connectivity index (χ1v) is 8.05. The molecule has 1 aromatic rings. The predicted octanol–water partition coefficient (Wildman–Crippen LogP) is 1.82. The van der Waals surface area contributed by atoms with Crippen molar-refractivity contribution in [2.75, 3.05) is 6.54 Å². The molecule has 0 spiro atoms. The number of hydrogen-bond acceptors (Lipinski definition) is 4. The molecule has 2 aliphatic rings. The Kier molecular flexibility index (Phi) is 3.50. The molecule has 3 heterocycles. The third kappa shape index (κ3) is 1.93. The Bertz CT molecular complexity index is 516. The summed E-state index contributed by atoms with van der Waals surface area (Å²) in [5.74, 6) is 0.203. The second kappa shape index (κ2) is 5.16. The maximum atomic E-state index is 12.8. The zero-order valence-electron chi connectivity index (χ0n) is 11.8. The summed E-state index contributed by atoms with van der Waals surface area (Å²) in [6, 6.07) is -0.706. The number of carbonyl (C=O) groups is 2. The Balaban J connectivity index is 1.94. The van der Waals surface area contributed by atoms with E-state index in [-0.39, 0.29) is 29.9 Å². The first kappa shape index (κ1) is 13.5. The molecule has 0 N–H and O–H groups in total. The predicted molar refractivity (Wildman–Crippen MR) is 76.2 cm³/mol. The van der Waals surface area contributed by atoms with Gasteiger partial charge in [0.15, 0.2) is 0 Å². The van der Waals surface area contributed by atoms with Crippen molar-refractivity contribution in [3.05, 3.63) is 16.6 Å². The number of piperazine rings is 1. The van der Waals surface area contributed by atoms with Gasteiger partial charge in [-0.1, -0.05) is 6.92 Å². The standard InChI is InChI=1S/C14H19N3O2S/c1-3-10-13(18)16-7-4-5-11(16)14(19)17(10)9(2)12-15-6-8-20-12/h6,8-11H,3-5,7H2,1-2H3. The van der Waals surface area contributed by atoms with E-state index >= 15 is 0 Å². The summed E-state index contributed by atoms with van der Waals surface area (Å²) in [5.41, 5.74) is 0. The molecule has 2 fully saturated rings. The number of hydrogen-bond donors (Lipinski definition) is 0. The van der Waals surface area contributed by atoms with Gasteiger partial charge in [-0.05, 0) is 26.2 Å². The average molecular weight is 293 g/mol. The Morgan fingerprint density at radius 3 is 2.90 bits per heavy atom. The van der Waals surface area contributed by atoms with Gasteiger partial charge in [0.1, 0.15) is 17.1 Å². The summed E-state index contributed by atoms with van der Waals surface area (Å²) in [5, 5.41) is 2.81. The van der Waals surface area contributed by atoms with Crippen molar-refractivity contribution >= 4 is 23.2 Å². The molecule has 0 aromatic carbocycles. The topological polar surface area (TPSA) is 53.5 Å². The molecule has 0 bridgehead atoms. The van der Waals surface area contributed by atoms with Crippen LogP contribution in [0.15, 0.2) is 11.6 Å². The summed E-state index contributed by atoms with van der Waals surface area (Å²) in [7, 11) is 0. The molecule has 3 unspecified atom stereocenters. The number of fused-ring (bicyclic) bond motifs is 1. The van der Waals surface area contributed by atoms with Gasteiger partial charge in [-0.2, -0.15) is 0 Å². The highest BCUT2D eigenvalue weighted by molar-refractivity contribution is 7.09. The summed E-state index contributed by atoms with van der Waals surface area (Å²) in [6.45, 7) is 4.66. The van der Waals surface area contributed by atoms with E-state index < -0.39 is 0 Å². The third-order valence-corrected chi connectivity index (χ3v) is 5.25. The van der Waals surface area contributed by atoms with Crippen LogP contribution in [0, 0.1) is 0 Å². The smallest absolute Gasteiger partial charge is 0.246 e. The normalized spacial score (nSPS) is 27.9. The van der Waals surface area contributed by atoms with Gasteiger partial charge in [0, 0.05) is 18.1 Å². The molecular weight excluding hydrogens is 274 g/mol. The average Bonchev–Trinajstić information content (AvgIpc) is 3.12. The lowest BCUT2D eigenvalue weighted by Gasteiger charge is -2.44. The SMILES string of the molecule is CCC1C(=O)N2CCCC2C(=O)N1C(C)c1nccs1. The van der Waals surface area contributed by atoms with Crippen molar-refractivity contribution in [3.8, 4) is 0 Å². The van der Waals surface area contributed by atoms with E-state index in [9.17, 15) is 9.59 Å². The van der Waals surface area contributed by atoms with Crippen LogP contribution in [-0.4, -0.2) is 45.2 Å². The largest absolute Gasteiger partial charge is 0.329 e. The number of nitrogens with zero attached hydrogens (tertiary/aromatic N) is 3. The Hall–Kier alpha value is -1.43. The first-order chi connectivity index (χ1) is 9.65. The van der Waals surface area contributed by atoms with Crippen molar-refractivity contribution in [2.45, 2.75) is 51.2 Å². The summed E-state index contributed by atoms with van der Waals surface area (Å²) in [4.78, 5) is 33.2. The van der Waals surface area contributed by atoms with Gasteiger partial charge in [-0.25, -0.2) is 4.98 Å². The van der Waals surface area contributed by atoms with Crippen molar-refractivity contribution in [1.29, 1.82) is 0 Å². The Morgan fingerprint density at radius 2 is 2.25 bits per heavy atom. The lowest BCUT2D eigenvalue weighted by molar-refractivity contribution is -0.162. The highest BCUT2D eigenvalue weighted by atomic mass is 32.1. The molecule has 2 saturated heterocycles. The number of rotatable bonds is 3. The molecule has 108 valence electrons. The Labute approximate surface area is 122 Å². The van der Waals surface area contributed by atoms with Crippen molar-refractivity contribution in [3.63, 3.8) is 0 Å². The van der Waals surface area contributed by atoms with Gasteiger partial charge in [0.05, 0.1) is 6.04 Å². The van der Waals surface area contributed by atoms with Crippen LogP contribution in [0.1, 0.15) is 44.2 Å². The highest BCUT2D eigenvalue weighted by Gasteiger charge is 2.48. The van der Waals surface area contributed by atoms with E-state index in [1.807, 2.05) is 19.2 Å². The minimum Gasteiger partial charge on any atom is -0.329 e. The van der Waals surface area contributed by atoms with Crippen LogP contribution in [-0.2, 0) is 9.59 Å². The maximum Gasteiger partial charge on any atom is 0.246 e. The van der Waals surface area contributed by atoms with Crippen molar-refractivity contribution in [2.24, 2.45) is 0 Å². The molecule has 0 saturated carbocycles. The molecule has 3 atom stereocenters. The second-order valence-electron chi connectivity index (χ2n) is 5.41. The van der Waals surface area contributed by atoms with Crippen molar-refractivity contribution < 1.29 is 9.59 Å². The molecular formula is C14H19N3O2S. The Morgan fingerprint density at radius 1 is 1.45 bits per heavy atom. The summed E-state index contributed by atoms with van der Waals surface area (Å²) < 4.78 is 0. The van der Waals surface area contributed by atoms with E-state index in [0.29, 0.717) is 6.42 Å². The van der Waals surface area contributed by atoms with Crippen LogP contribution in [0.3, 0.4) is 0 Å². The molecule has 0 radical (unpaired) electrons. The fraction of sp³-hybridized carbons (Fsp3) is 0.643. The van der Waals surface area contributed by atoms with Gasteiger partial charge in [0.2, 0.25) is 11.8 Å². The van der Waals surface area contributed by atoms with E-state index in [0.717, 1.165) is 24.4 Å². The van der Waals surface area contributed by atoms with Crippen LogP contribution >= 0.6 is 11.3 Å². The minimum absolute atomic E-state index is 0.0941. The van der Waals surface area contributed by atoms with Crippen LogP contribution in [0.25, 0.3) is 0 Å². The first-order valence-electron chi connectivity index (χ1n) is 7.17. The zero-order valence-corrected chi connectivity index (χ0v) is 12.6. The fourth-order valence-electron chi connectivity index (χ4n) is 3.32. The van der Waals surface area contributed by atoms with E-state index in [2.05, 4.69) is 4.98 Å². The van der Waals surface area contributed by atoms with Crippen LogP contribution in [0.5, 0.6) is 0 Å². The van der Waals surface area contributed by atoms with E-state index in [1.165, 1.54) is 11.3 Å². The number of amides is 2. The molecule has 0 aliphatic carbocycles. The quantitative estimate of drug-likeness (QED) is 0.854. The van der Waals surface area contributed by atoms with Crippen LogP contribution in [0.4, 0.5) is 0 Å². The van der Waals surface area contributed by atoms with E-state index in [1.54, 1.807) is 16.0 Å². The van der Waals surface area contributed by atoms with Gasteiger partial charge in [-0.15, -0.1) is 11.3 Å².